The fourth-order valence-corrected chi connectivity index (χ4v) is 3.25. The zero-order valence-corrected chi connectivity index (χ0v) is 14.3. The molecule has 1 aromatic carbocycles. The molecule has 0 unspecified atom stereocenters. The van der Waals surface area contributed by atoms with E-state index < -0.39 is 0 Å². The molecule has 0 bridgehead atoms. The maximum Gasteiger partial charge on any atom is 0.173 e. The lowest BCUT2D eigenvalue weighted by molar-refractivity contribution is 0.378. The first-order valence-electron chi connectivity index (χ1n) is 8.52. The number of fused-ring (bicyclic) bond motifs is 1. The van der Waals surface area contributed by atoms with Gasteiger partial charge in [0.1, 0.15) is 12.4 Å². The van der Waals surface area contributed by atoms with Gasteiger partial charge < -0.3 is 20.3 Å². The van der Waals surface area contributed by atoms with Crippen LogP contribution < -0.4 is 15.4 Å². The molecule has 0 saturated carbocycles. The number of para-hydroxylation sites is 1. The summed E-state index contributed by atoms with van der Waals surface area (Å²) in [4.78, 5) is 2.27. The van der Waals surface area contributed by atoms with Crippen LogP contribution in [0, 0.1) is 0 Å². The summed E-state index contributed by atoms with van der Waals surface area (Å²) in [6.45, 7) is 4.71. The maximum atomic E-state index is 5.68. The number of hydrogen-bond donors (Lipinski definition) is 2. The van der Waals surface area contributed by atoms with Crippen LogP contribution in [-0.4, -0.2) is 42.8 Å². The average Bonchev–Trinajstić information content (AvgIpc) is 3.00. The zero-order chi connectivity index (χ0) is 15.9. The molecule has 2 aliphatic rings. The van der Waals surface area contributed by atoms with Gasteiger partial charge in [-0.1, -0.05) is 31.0 Å². The Labute approximate surface area is 143 Å². The Balaban J connectivity index is 1.58. The third-order valence-corrected chi connectivity index (χ3v) is 4.74. The summed E-state index contributed by atoms with van der Waals surface area (Å²) in [6.07, 6.45) is 7.08. The van der Waals surface area contributed by atoms with Gasteiger partial charge >= 0.3 is 0 Å². The van der Waals surface area contributed by atoms with Crippen molar-refractivity contribution in [1.29, 1.82) is 0 Å². The molecule has 0 aromatic heterocycles. The summed E-state index contributed by atoms with van der Waals surface area (Å²) in [5, 5.41) is 7.60. The van der Waals surface area contributed by atoms with E-state index in [1.54, 1.807) is 0 Å². The molecule has 0 amide bonds. The summed E-state index contributed by atoms with van der Waals surface area (Å²) in [7, 11) is 0. The van der Waals surface area contributed by atoms with Crippen LogP contribution in [0.25, 0.3) is 5.57 Å². The molecule has 1 aromatic rings. The van der Waals surface area contributed by atoms with Crippen LogP contribution in [-0.2, 0) is 0 Å². The van der Waals surface area contributed by atoms with Crippen LogP contribution in [0.1, 0.15) is 31.2 Å². The Morgan fingerprint density at radius 3 is 2.96 bits per heavy atom. The van der Waals surface area contributed by atoms with Crippen molar-refractivity contribution >= 4 is 22.9 Å². The van der Waals surface area contributed by atoms with Crippen molar-refractivity contribution in [2.45, 2.75) is 25.7 Å². The van der Waals surface area contributed by atoms with Crippen molar-refractivity contribution in [2.24, 2.45) is 0 Å². The largest absolute Gasteiger partial charge is 0.488 e. The minimum Gasteiger partial charge on any atom is -0.488 e. The molecular formula is C18H25N3OS. The van der Waals surface area contributed by atoms with Crippen molar-refractivity contribution in [1.82, 2.24) is 15.5 Å². The lowest BCUT2D eigenvalue weighted by atomic mass is 10.1. The number of nitrogens with zero attached hydrogens (tertiary/aromatic N) is 1. The molecule has 0 spiro atoms. The van der Waals surface area contributed by atoms with Gasteiger partial charge in [-0.15, -0.1) is 0 Å². The molecule has 2 heterocycles. The van der Waals surface area contributed by atoms with Gasteiger partial charge in [-0.05, 0) is 37.7 Å². The highest BCUT2D eigenvalue weighted by Crippen LogP contribution is 2.31. The number of nitrogens with one attached hydrogen (secondary N) is 2. The topological polar surface area (TPSA) is 36.5 Å². The molecule has 4 nitrogen and oxygen atoms in total. The first-order valence-corrected chi connectivity index (χ1v) is 8.93. The number of benzene rings is 1. The molecule has 1 fully saturated rings. The highest BCUT2D eigenvalue weighted by Gasteiger charge is 2.17. The smallest absolute Gasteiger partial charge is 0.173 e. The summed E-state index contributed by atoms with van der Waals surface area (Å²) >= 11 is 5.59. The van der Waals surface area contributed by atoms with E-state index in [-0.39, 0.29) is 0 Å². The van der Waals surface area contributed by atoms with Crippen LogP contribution in [0.5, 0.6) is 5.75 Å². The molecule has 0 aliphatic carbocycles. The Bertz CT molecular complexity index is 563. The molecule has 2 N–H and O–H groups in total. The molecule has 3 rings (SSSR count). The van der Waals surface area contributed by atoms with Gasteiger partial charge in [0.05, 0.1) is 0 Å². The van der Waals surface area contributed by atoms with E-state index in [2.05, 4.69) is 21.6 Å². The average molecular weight is 331 g/mol. The summed E-state index contributed by atoms with van der Waals surface area (Å²) in [5.74, 6) is 0.953. The number of ether oxygens (including phenoxy) is 1. The predicted octanol–water partition coefficient (Wildman–Crippen LogP) is 2.76. The van der Waals surface area contributed by atoms with E-state index >= 15 is 0 Å². The number of rotatable bonds is 1. The second kappa shape index (κ2) is 8.31. The summed E-state index contributed by atoms with van der Waals surface area (Å²) in [5.41, 5.74) is 2.31. The van der Waals surface area contributed by atoms with Gasteiger partial charge in [0.2, 0.25) is 0 Å². The molecule has 23 heavy (non-hydrogen) atoms. The SMILES string of the molecule is S=C(N/C=C1/COc2ccccc21)N1CCCCCCNCC1. The minimum absolute atomic E-state index is 0.608. The van der Waals surface area contributed by atoms with Crippen LogP contribution in [0.3, 0.4) is 0 Å². The zero-order valence-electron chi connectivity index (χ0n) is 13.5. The Kier molecular flexibility index (Phi) is 5.88. The van der Waals surface area contributed by atoms with E-state index in [4.69, 9.17) is 17.0 Å². The van der Waals surface area contributed by atoms with Gasteiger partial charge in [0, 0.05) is 37.0 Å². The van der Waals surface area contributed by atoms with E-state index in [1.165, 1.54) is 25.7 Å². The molecule has 1 saturated heterocycles. The fraction of sp³-hybridized carbons (Fsp3) is 0.500. The van der Waals surface area contributed by atoms with Gasteiger partial charge in [-0.25, -0.2) is 0 Å². The molecular weight excluding hydrogens is 306 g/mol. The summed E-state index contributed by atoms with van der Waals surface area (Å²) < 4.78 is 5.68. The van der Waals surface area contributed by atoms with Gasteiger partial charge in [-0.2, -0.15) is 0 Å². The van der Waals surface area contributed by atoms with Gasteiger partial charge in [-0.3, -0.25) is 0 Å². The van der Waals surface area contributed by atoms with Crippen LogP contribution in [0.4, 0.5) is 0 Å². The molecule has 124 valence electrons. The quantitative estimate of drug-likeness (QED) is 0.774. The first-order chi connectivity index (χ1) is 11.3. The van der Waals surface area contributed by atoms with Gasteiger partial charge in [0.15, 0.2) is 5.11 Å². The monoisotopic (exact) mass is 331 g/mol. The summed E-state index contributed by atoms with van der Waals surface area (Å²) in [6, 6.07) is 8.13. The van der Waals surface area contributed by atoms with Crippen molar-refractivity contribution in [3.63, 3.8) is 0 Å². The number of hydrogen-bond acceptors (Lipinski definition) is 3. The van der Waals surface area contributed by atoms with E-state index in [0.29, 0.717) is 6.61 Å². The van der Waals surface area contributed by atoms with Crippen LogP contribution in [0.15, 0.2) is 30.5 Å². The lowest BCUT2D eigenvalue weighted by Crippen LogP contribution is -2.42. The van der Waals surface area contributed by atoms with Crippen LogP contribution >= 0.6 is 12.2 Å². The van der Waals surface area contributed by atoms with Crippen molar-refractivity contribution < 1.29 is 4.74 Å². The standard InChI is InChI=1S/C18H25N3OS/c23-18(21-11-6-2-1-5-9-19-10-12-21)20-13-15-14-22-17-8-4-3-7-16(15)17/h3-4,7-8,13,19H,1-2,5-6,9-12,14H2,(H,20,23)/b15-13-. The first kappa shape index (κ1) is 16.3. The Hall–Kier alpha value is -1.59. The van der Waals surface area contributed by atoms with Crippen LogP contribution in [0.2, 0.25) is 0 Å². The third-order valence-electron chi connectivity index (χ3n) is 4.36. The highest BCUT2D eigenvalue weighted by atomic mass is 32.1. The Morgan fingerprint density at radius 1 is 1.13 bits per heavy atom. The second-order valence-electron chi connectivity index (χ2n) is 6.06. The predicted molar refractivity (Wildman–Crippen MR) is 98.6 cm³/mol. The molecule has 5 heteroatoms. The molecule has 0 atom stereocenters. The third kappa shape index (κ3) is 4.45. The second-order valence-corrected chi connectivity index (χ2v) is 6.44. The Morgan fingerprint density at radius 2 is 2.00 bits per heavy atom. The van der Waals surface area contributed by atoms with Crippen molar-refractivity contribution in [2.75, 3.05) is 32.8 Å². The lowest BCUT2D eigenvalue weighted by Gasteiger charge is -2.26. The maximum absolute atomic E-state index is 5.68. The van der Waals surface area contributed by atoms with Crippen molar-refractivity contribution in [3.05, 3.63) is 36.0 Å². The minimum atomic E-state index is 0.608. The molecule has 2 aliphatic heterocycles. The van der Waals surface area contributed by atoms with Gasteiger partial charge in [0.25, 0.3) is 0 Å². The van der Waals surface area contributed by atoms with E-state index in [0.717, 1.165) is 48.2 Å². The van der Waals surface area contributed by atoms with Crippen molar-refractivity contribution in [3.8, 4) is 5.75 Å². The van der Waals surface area contributed by atoms with E-state index in [1.807, 2.05) is 24.4 Å². The highest BCUT2D eigenvalue weighted by molar-refractivity contribution is 7.80. The molecule has 0 radical (unpaired) electrons. The number of thiocarbonyl (C=S) groups is 1. The van der Waals surface area contributed by atoms with E-state index in [9.17, 15) is 0 Å². The fourth-order valence-electron chi connectivity index (χ4n) is 3.01. The normalized spacial score (nSPS) is 20.7.